The van der Waals surface area contributed by atoms with Crippen LogP contribution in [-0.2, 0) is 4.79 Å². The van der Waals surface area contributed by atoms with Crippen LogP contribution in [-0.4, -0.2) is 15.8 Å². The van der Waals surface area contributed by atoms with E-state index in [1.165, 1.54) is 23.5 Å². The molecule has 1 atom stereocenters. The minimum absolute atomic E-state index is 0.0335. The number of anilines is 1. The van der Waals surface area contributed by atoms with Gasteiger partial charge in [0.25, 0.3) is 5.69 Å². The molecule has 1 amide bonds. The van der Waals surface area contributed by atoms with E-state index >= 15 is 0 Å². The lowest BCUT2D eigenvalue weighted by Crippen LogP contribution is -2.20. The van der Waals surface area contributed by atoms with Crippen LogP contribution in [0, 0.1) is 10.1 Å². The first-order valence-corrected chi connectivity index (χ1v) is 9.02. The molecule has 0 radical (unpaired) electrons. The Labute approximate surface area is 154 Å². The number of hydrogen-bond acceptors (Lipinski definition) is 5. The zero-order chi connectivity index (χ0) is 18.5. The molecule has 26 heavy (non-hydrogen) atoms. The number of carbonyl (C=O) groups excluding carboxylic acids is 1. The molecular formula is C19H17N3O3S. The van der Waals surface area contributed by atoms with Crippen molar-refractivity contribution in [2.75, 3.05) is 5.32 Å². The van der Waals surface area contributed by atoms with Gasteiger partial charge in [-0.05, 0) is 24.1 Å². The molecule has 1 N–H and O–H groups in total. The van der Waals surface area contributed by atoms with Gasteiger partial charge >= 0.3 is 0 Å². The van der Waals surface area contributed by atoms with E-state index in [2.05, 4.69) is 10.3 Å². The first-order chi connectivity index (χ1) is 12.6. The van der Waals surface area contributed by atoms with E-state index in [9.17, 15) is 14.9 Å². The Kier molecular flexibility index (Phi) is 5.38. The quantitative estimate of drug-likeness (QED) is 0.498. The Morgan fingerprint density at radius 2 is 1.88 bits per heavy atom. The van der Waals surface area contributed by atoms with Gasteiger partial charge in [-0.2, -0.15) is 0 Å². The van der Waals surface area contributed by atoms with Gasteiger partial charge in [0.15, 0.2) is 5.13 Å². The standard InChI is InChI=1S/C19H17N3O3S/c1-2-16(13-6-4-3-5-7-13)18(23)21-19-20-17(12-26-19)14-8-10-15(11-9-14)22(24)25/h3-12,16H,2H2,1H3,(H,20,21,23). The number of amides is 1. The zero-order valence-electron chi connectivity index (χ0n) is 14.1. The smallest absolute Gasteiger partial charge is 0.269 e. The molecule has 1 unspecified atom stereocenters. The second kappa shape index (κ2) is 7.88. The number of nitrogens with one attached hydrogen (secondary N) is 1. The summed E-state index contributed by atoms with van der Waals surface area (Å²) in [5.41, 5.74) is 2.45. The molecular weight excluding hydrogens is 350 g/mol. The molecule has 0 saturated carbocycles. The van der Waals surface area contributed by atoms with E-state index in [4.69, 9.17) is 0 Å². The van der Waals surface area contributed by atoms with Crippen molar-refractivity contribution in [3.05, 3.63) is 75.7 Å². The number of non-ortho nitro benzene ring substituents is 1. The molecule has 132 valence electrons. The van der Waals surface area contributed by atoms with Crippen LogP contribution in [0.5, 0.6) is 0 Å². The largest absolute Gasteiger partial charge is 0.301 e. The number of thiazole rings is 1. The summed E-state index contributed by atoms with van der Waals surface area (Å²) in [6.45, 7) is 1.97. The van der Waals surface area contributed by atoms with Crippen LogP contribution in [0.25, 0.3) is 11.3 Å². The van der Waals surface area contributed by atoms with Crippen molar-refractivity contribution in [3.8, 4) is 11.3 Å². The number of rotatable bonds is 6. The molecule has 3 rings (SSSR count). The third-order valence-electron chi connectivity index (χ3n) is 4.03. The maximum atomic E-state index is 12.6. The minimum atomic E-state index is -0.440. The summed E-state index contributed by atoms with van der Waals surface area (Å²) in [6, 6.07) is 15.8. The van der Waals surface area contributed by atoms with Gasteiger partial charge in [-0.1, -0.05) is 37.3 Å². The number of carbonyl (C=O) groups is 1. The van der Waals surface area contributed by atoms with E-state index in [0.29, 0.717) is 17.2 Å². The molecule has 0 fully saturated rings. The van der Waals surface area contributed by atoms with E-state index in [0.717, 1.165) is 11.1 Å². The monoisotopic (exact) mass is 367 g/mol. The summed E-state index contributed by atoms with van der Waals surface area (Å²) in [6.07, 6.45) is 0.691. The van der Waals surface area contributed by atoms with Crippen LogP contribution in [0.4, 0.5) is 10.8 Å². The molecule has 0 aliphatic carbocycles. The van der Waals surface area contributed by atoms with E-state index in [1.807, 2.05) is 42.6 Å². The molecule has 7 heteroatoms. The Bertz CT molecular complexity index is 907. The summed E-state index contributed by atoms with van der Waals surface area (Å²) >= 11 is 1.33. The second-order valence-electron chi connectivity index (χ2n) is 5.70. The number of nitrogens with zero attached hydrogens (tertiary/aromatic N) is 2. The fourth-order valence-electron chi connectivity index (χ4n) is 2.67. The lowest BCUT2D eigenvalue weighted by molar-refractivity contribution is -0.384. The fraction of sp³-hybridized carbons (Fsp3) is 0.158. The lowest BCUT2D eigenvalue weighted by atomic mass is 9.96. The van der Waals surface area contributed by atoms with Gasteiger partial charge in [0.1, 0.15) is 0 Å². The predicted molar refractivity (Wildman–Crippen MR) is 102 cm³/mol. The summed E-state index contributed by atoms with van der Waals surface area (Å²) in [5, 5.41) is 15.9. The van der Waals surface area contributed by atoms with E-state index < -0.39 is 4.92 Å². The first-order valence-electron chi connectivity index (χ1n) is 8.14. The molecule has 0 aliphatic rings. The lowest BCUT2D eigenvalue weighted by Gasteiger charge is -2.14. The third-order valence-corrected chi connectivity index (χ3v) is 4.79. The van der Waals surface area contributed by atoms with Crippen molar-refractivity contribution < 1.29 is 9.72 Å². The molecule has 1 heterocycles. The average Bonchev–Trinajstić information content (AvgIpc) is 3.11. The summed E-state index contributed by atoms with van der Waals surface area (Å²) in [5.74, 6) is -0.328. The Morgan fingerprint density at radius 3 is 2.50 bits per heavy atom. The van der Waals surface area contributed by atoms with Gasteiger partial charge in [0.2, 0.25) is 5.91 Å². The molecule has 0 spiro atoms. The van der Waals surface area contributed by atoms with Crippen LogP contribution in [0.1, 0.15) is 24.8 Å². The van der Waals surface area contributed by atoms with Gasteiger partial charge in [0.05, 0.1) is 16.5 Å². The molecule has 3 aromatic rings. The highest BCUT2D eigenvalue weighted by molar-refractivity contribution is 7.14. The van der Waals surface area contributed by atoms with Gasteiger partial charge in [0, 0.05) is 23.1 Å². The fourth-order valence-corrected chi connectivity index (χ4v) is 3.39. The van der Waals surface area contributed by atoms with E-state index in [-0.39, 0.29) is 17.5 Å². The second-order valence-corrected chi connectivity index (χ2v) is 6.56. The highest BCUT2D eigenvalue weighted by Crippen LogP contribution is 2.28. The number of nitro groups is 1. The average molecular weight is 367 g/mol. The van der Waals surface area contributed by atoms with Crippen molar-refractivity contribution in [3.63, 3.8) is 0 Å². The molecule has 0 saturated heterocycles. The Balaban J connectivity index is 1.73. The topological polar surface area (TPSA) is 85.1 Å². The SMILES string of the molecule is CCC(C(=O)Nc1nc(-c2ccc([N+](=O)[O-])cc2)cs1)c1ccccc1. The maximum absolute atomic E-state index is 12.6. The normalized spacial score (nSPS) is 11.7. The predicted octanol–water partition coefficient (Wildman–Crippen LogP) is 4.85. The Hall–Kier alpha value is -3.06. The number of benzene rings is 2. The van der Waals surface area contributed by atoms with Crippen molar-refractivity contribution in [2.45, 2.75) is 19.3 Å². The highest BCUT2D eigenvalue weighted by Gasteiger charge is 2.19. The van der Waals surface area contributed by atoms with Gasteiger partial charge < -0.3 is 5.32 Å². The van der Waals surface area contributed by atoms with Crippen LogP contribution >= 0.6 is 11.3 Å². The number of nitro benzene ring substituents is 1. The number of hydrogen-bond donors (Lipinski definition) is 1. The van der Waals surface area contributed by atoms with Crippen LogP contribution in [0.15, 0.2) is 60.0 Å². The van der Waals surface area contributed by atoms with Crippen LogP contribution in [0.3, 0.4) is 0 Å². The van der Waals surface area contributed by atoms with Crippen molar-refractivity contribution >= 4 is 28.1 Å². The molecule has 2 aromatic carbocycles. The highest BCUT2D eigenvalue weighted by atomic mass is 32.1. The molecule has 0 bridgehead atoms. The van der Waals surface area contributed by atoms with Crippen LogP contribution < -0.4 is 5.32 Å². The Morgan fingerprint density at radius 1 is 1.19 bits per heavy atom. The van der Waals surface area contributed by atoms with Crippen molar-refractivity contribution in [1.29, 1.82) is 0 Å². The molecule has 0 aliphatic heterocycles. The number of aromatic nitrogens is 1. The van der Waals surface area contributed by atoms with Gasteiger partial charge in [-0.3, -0.25) is 14.9 Å². The first kappa shape index (κ1) is 17.8. The van der Waals surface area contributed by atoms with Crippen molar-refractivity contribution in [2.24, 2.45) is 0 Å². The van der Waals surface area contributed by atoms with Gasteiger partial charge in [-0.15, -0.1) is 11.3 Å². The summed E-state index contributed by atoms with van der Waals surface area (Å²) in [4.78, 5) is 27.3. The van der Waals surface area contributed by atoms with Crippen LogP contribution in [0.2, 0.25) is 0 Å². The maximum Gasteiger partial charge on any atom is 0.269 e. The van der Waals surface area contributed by atoms with Crippen molar-refractivity contribution in [1.82, 2.24) is 4.98 Å². The zero-order valence-corrected chi connectivity index (χ0v) is 14.9. The van der Waals surface area contributed by atoms with Gasteiger partial charge in [-0.25, -0.2) is 4.98 Å². The third kappa shape index (κ3) is 3.94. The molecule has 1 aromatic heterocycles. The summed E-state index contributed by atoms with van der Waals surface area (Å²) in [7, 11) is 0. The minimum Gasteiger partial charge on any atom is -0.301 e. The summed E-state index contributed by atoms with van der Waals surface area (Å²) < 4.78 is 0. The van der Waals surface area contributed by atoms with E-state index in [1.54, 1.807) is 12.1 Å². The molecule has 6 nitrogen and oxygen atoms in total.